The van der Waals surface area contributed by atoms with E-state index in [9.17, 15) is 48.6 Å². The van der Waals surface area contributed by atoms with E-state index in [-0.39, 0.29) is 38.0 Å². The summed E-state index contributed by atoms with van der Waals surface area (Å²) < 4.78 is 0. The van der Waals surface area contributed by atoms with Crippen molar-refractivity contribution < 1.29 is 53.7 Å². The van der Waals surface area contributed by atoms with E-state index in [0.29, 0.717) is 29.7 Å². The molecule has 20 nitrogen and oxygen atoms in total. The highest BCUT2D eigenvalue weighted by molar-refractivity contribution is 5.97. The molecule has 20 heteroatoms. The number of carbonyl (C=O) groups is 8. The second kappa shape index (κ2) is 23.6. The van der Waals surface area contributed by atoms with Gasteiger partial charge >= 0.3 is 11.9 Å². The first kappa shape index (κ1) is 49.8. The number of phenolic OH excluding ortho intramolecular Hbond substituents is 1. The normalized spacial score (nSPS) is 16.8. The third-order valence-corrected chi connectivity index (χ3v) is 11.1. The Balaban J connectivity index is 1.57. The molecule has 0 aliphatic carbocycles. The molecule has 64 heavy (non-hydrogen) atoms. The minimum atomic E-state index is -1.45. The van der Waals surface area contributed by atoms with Crippen LogP contribution in [0.3, 0.4) is 0 Å². The van der Waals surface area contributed by atoms with Crippen molar-refractivity contribution in [2.45, 2.75) is 115 Å². The second-order valence-corrected chi connectivity index (χ2v) is 16.4. The van der Waals surface area contributed by atoms with Crippen molar-refractivity contribution in [1.29, 1.82) is 0 Å². The molecule has 1 aliphatic heterocycles. The van der Waals surface area contributed by atoms with Crippen LogP contribution in [0.15, 0.2) is 67.1 Å². The van der Waals surface area contributed by atoms with Gasteiger partial charge < -0.3 is 57.5 Å². The number of phenols is 1. The van der Waals surface area contributed by atoms with Gasteiger partial charge in [0.15, 0.2) is 0 Å². The van der Waals surface area contributed by atoms with Gasteiger partial charge in [0, 0.05) is 37.7 Å². The number of hydrogen-bond acceptors (Lipinski definition) is 11. The smallest absolute Gasteiger partial charge is 0.326 e. The number of aliphatic carboxylic acids is 2. The molecule has 1 aromatic heterocycles. The Hall–Kier alpha value is -6.83. The summed E-state index contributed by atoms with van der Waals surface area (Å²) in [4.78, 5) is 115. The van der Waals surface area contributed by atoms with E-state index in [4.69, 9.17) is 10.8 Å². The highest BCUT2D eigenvalue weighted by Crippen LogP contribution is 2.21. The molecule has 3 aromatic rings. The first-order chi connectivity index (χ1) is 30.4. The van der Waals surface area contributed by atoms with E-state index in [1.807, 2.05) is 0 Å². The molecule has 0 spiro atoms. The summed E-state index contributed by atoms with van der Waals surface area (Å²) >= 11 is 0. The number of carboxylic acids is 2. The van der Waals surface area contributed by atoms with Gasteiger partial charge in [0.25, 0.3) is 0 Å². The van der Waals surface area contributed by atoms with Gasteiger partial charge in [-0.2, -0.15) is 0 Å². The number of aromatic nitrogens is 2. The van der Waals surface area contributed by atoms with Crippen LogP contribution in [0, 0.1) is 11.8 Å². The van der Waals surface area contributed by atoms with E-state index in [0.717, 1.165) is 0 Å². The third kappa shape index (κ3) is 14.4. The van der Waals surface area contributed by atoms with Gasteiger partial charge in [-0.1, -0.05) is 76.6 Å². The van der Waals surface area contributed by atoms with E-state index in [1.54, 1.807) is 58.0 Å². The summed E-state index contributed by atoms with van der Waals surface area (Å²) in [5, 5.41) is 42.2. The molecule has 1 fully saturated rings. The molecule has 0 bridgehead atoms. The Bertz CT molecular complexity index is 2080. The lowest BCUT2D eigenvalue weighted by Gasteiger charge is -2.32. The molecular formula is C44H59N9O11. The standard InChI is InChI=1S/C44H59N9O11/c1-5-25(4)37(52-39(58)31(18-27-13-15-29(54)16-14-27)48-41(60)36(24(2)3)51-38(57)30(45)21-35(55)56)42(61)49-32(20-28-22-46-23-47-28)43(62)53-17-9-12-34(53)40(59)50-33(44(63)64)19-26-10-7-6-8-11-26/h6-8,10-11,13-16,22-25,30-34,36-37,54H,5,9,12,17-21,45H2,1-4H3,(H,46,47)(H,48,60)(H,49,61)(H,50,59)(H,51,57)(H,52,58)(H,55,56)(H,63,64)/t25-,30-,31-,32-,33-,34-,36-,37-/m0/s1. The number of rotatable bonds is 23. The largest absolute Gasteiger partial charge is 0.508 e. The number of nitrogens with one attached hydrogen (secondary N) is 6. The zero-order valence-corrected chi connectivity index (χ0v) is 36.3. The number of amides is 6. The number of aromatic hydroxyl groups is 1. The summed E-state index contributed by atoms with van der Waals surface area (Å²) in [7, 11) is 0. The molecule has 8 atom stereocenters. The van der Waals surface area contributed by atoms with Crippen LogP contribution in [-0.4, -0.2) is 126 Å². The van der Waals surface area contributed by atoms with Crippen molar-refractivity contribution in [2.75, 3.05) is 6.54 Å². The first-order valence-corrected chi connectivity index (χ1v) is 21.2. The Kier molecular flexibility index (Phi) is 18.3. The maximum Gasteiger partial charge on any atom is 0.326 e. The van der Waals surface area contributed by atoms with Crippen molar-refractivity contribution in [1.82, 2.24) is 41.5 Å². The number of benzene rings is 2. The number of carboxylic acid groups (broad SMARTS) is 2. The molecular weight excluding hydrogens is 831 g/mol. The van der Waals surface area contributed by atoms with Crippen molar-refractivity contribution in [2.24, 2.45) is 17.6 Å². The molecule has 0 radical (unpaired) electrons. The quantitative estimate of drug-likeness (QED) is 0.0607. The molecule has 11 N–H and O–H groups in total. The summed E-state index contributed by atoms with van der Waals surface area (Å²) in [5.74, 6) is -8.19. The molecule has 4 rings (SSSR count). The van der Waals surface area contributed by atoms with Crippen LogP contribution >= 0.6 is 0 Å². The monoisotopic (exact) mass is 889 g/mol. The fourth-order valence-electron chi connectivity index (χ4n) is 7.27. The Morgan fingerprint density at radius 2 is 1.38 bits per heavy atom. The number of likely N-dealkylation sites (tertiary alicyclic amines) is 1. The van der Waals surface area contributed by atoms with Crippen LogP contribution in [0.2, 0.25) is 0 Å². The summed E-state index contributed by atoms with van der Waals surface area (Å²) in [6.45, 7) is 6.91. The number of carbonyl (C=O) groups excluding carboxylic acids is 6. The lowest BCUT2D eigenvalue weighted by molar-refractivity contribution is -0.145. The number of nitrogens with two attached hydrogens (primary N) is 1. The number of H-pyrrole nitrogens is 1. The van der Waals surface area contributed by atoms with Crippen LogP contribution in [0.5, 0.6) is 5.75 Å². The average molecular weight is 890 g/mol. The highest BCUT2D eigenvalue weighted by atomic mass is 16.4. The van der Waals surface area contributed by atoms with Crippen LogP contribution in [0.4, 0.5) is 0 Å². The Labute approximate surface area is 370 Å². The van der Waals surface area contributed by atoms with Gasteiger partial charge in [0.1, 0.15) is 42.0 Å². The molecule has 6 amide bonds. The van der Waals surface area contributed by atoms with E-state index >= 15 is 0 Å². The fraction of sp³-hybridized carbons (Fsp3) is 0.477. The van der Waals surface area contributed by atoms with E-state index in [2.05, 4.69) is 36.6 Å². The van der Waals surface area contributed by atoms with Gasteiger partial charge in [0.05, 0.1) is 18.8 Å². The number of imidazole rings is 1. The van der Waals surface area contributed by atoms with Crippen molar-refractivity contribution >= 4 is 47.4 Å². The Morgan fingerprint density at radius 3 is 1.97 bits per heavy atom. The Morgan fingerprint density at radius 1 is 0.766 bits per heavy atom. The van der Waals surface area contributed by atoms with E-state index in [1.165, 1.54) is 41.7 Å². The summed E-state index contributed by atoms with van der Waals surface area (Å²) in [6, 6.07) is 5.73. The van der Waals surface area contributed by atoms with Gasteiger partial charge in [0.2, 0.25) is 35.4 Å². The van der Waals surface area contributed by atoms with Gasteiger partial charge in [-0.25, -0.2) is 9.78 Å². The highest BCUT2D eigenvalue weighted by Gasteiger charge is 2.41. The first-order valence-electron chi connectivity index (χ1n) is 21.2. The van der Waals surface area contributed by atoms with Crippen LogP contribution in [0.1, 0.15) is 70.2 Å². The molecule has 2 heterocycles. The summed E-state index contributed by atoms with van der Waals surface area (Å²) in [6.07, 6.45) is 3.05. The topological polar surface area (TPSA) is 315 Å². The minimum absolute atomic E-state index is 0.0153. The second-order valence-electron chi connectivity index (χ2n) is 16.4. The molecule has 0 saturated carbocycles. The lowest BCUT2D eigenvalue weighted by Crippen LogP contribution is -2.61. The van der Waals surface area contributed by atoms with Crippen LogP contribution in [-0.2, 0) is 57.6 Å². The maximum absolute atomic E-state index is 14.4. The van der Waals surface area contributed by atoms with Crippen LogP contribution < -0.4 is 32.3 Å². The van der Waals surface area contributed by atoms with Crippen molar-refractivity contribution in [3.63, 3.8) is 0 Å². The van der Waals surface area contributed by atoms with Gasteiger partial charge in [-0.05, 0) is 47.9 Å². The minimum Gasteiger partial charge on any atom is -0.508 e. The number of nitrogens with zero attached hydrogens (tertiary/aromatic N) is 2. The molecule has 2 aromatic carbocycles. The zero-order valence-electron chi connectivity index (χ0n) is 36.3. The molecule has 0 unspecified atom stereocenters. The van der Waals surface area contributed by atoms with Crippen molar-refractivity contribution in [3.05, 3.63) is 83.9 Å². The maximum atomic E-state index is 14.4. The average Bonchev–Trinajstić information content (AvgIpc) is 3.97. The van der Waals surface area contributed by atoms with Crippen molar-refractivity contribution in [3.8, 4) is 5.75 Å². The van der Waals surface area contributed by atoms with Gasteiger partial charge in [-0.3, -0.25) is 33.6 Å². The third-order valence-electron chi connectivity index (χ3n) is 11.1. The molecule has 346 valence electrons. The van der Waals surface area contributed by atoms with Gasteiger partial charge in [-0.15, -0.1) is 0 Å². The fourth-order valence-corrected chi connectivity index (χ4v) is 7.27. The number of aromatic amines is 1. The SMILES string of the molecule is CC[C@H](C)[C@H](NC(=O)[C@H](Cc1ccc(O)cc1)NC(=O)[C@@H](NC(=O)[C@@H](N)CC(=O)O)C(C)C)C(=O)N[C@@H](Cc1cnc[nH]1)C(=O)N1CCC[C@H]1C(=O)N[C@@H](Cc1ccccc1)C(=O)O. The lowest BCUT2D eigenvalue weighted by atomic mass is 9.96. The number of hydrogen-bond donors (Lipinski definition) is 10. The van der Waals surface area contributed by atoms with Crippen LogP contribution in [0.25, 0.3) is 0 Å². The predicted octanol–water partition coefficient (Wildman–Crippen LogP) is 0.147. The molecule has 1 aliphatic rings. The van der Waals surface area contributed by atoms with E-state index < -0.39 is 108 Å². The zero-order chi connectivity index (χ0) is 47.1. The predicted molar refractivity (Wildman–Crippen MR) is 231 cm³/mol. The summed E-state index contributed by atoms with van der Waals surface area (Å²) in [5.41, 5.74) is 7.42. The molecule has 1 saturated heterocycles.